The topological polar surface area (TPSA) is 69.7 Å². The molecule has 0 saturated carbocycles. The van der Waals surface area contributed by atoms with Gasteiger partial charge in [-0.15, -0.1) is 0 Å². The smallest absolute Gasteiger partial charge is 0.423 e. The van der Waals surface area contributed by atoms with Crippen molar-refractivity contribution >= 4 is 17.7 Å². The SMILES string of the molecule is CCCCCCCCCC(=O)c1ccc(OC(=O)c2ccc(OC(=O)C(F)(F)C(F)(F)C(F)(F)C(F)(F)C(F)(F)C(F)(F)C(F)(F)C(F)(F)C(F)(F)F)cc2)cc1. The molecule has 5 nitrogen and oxygen atoms in total. The van der Waals surface area contributed by atoms with Gasteiger partial charge in [0, 0.05) is 12.0 Å². The summed E-state index contributed by atoms with van der Waals surface area (Å²) in [5, 5.41) is 0. The van der Waals surface area contributed by atoms with Gasteiger partial charge in [0.2, 0.25) is 0 Å². The van der Waals surface area contributed by atoms with E-state index in [1.54, 1.807) is 0 Å². The fourth-order valence-corrected chi connectivity index (χ4v) is 4.58. The number of esters is 2. The highest BCUT2D eigenvalue weighted by Gasteiger charge is 2.97. The maximum atomic E-state index is 14.2. The second kappa shape index (κ2) is 16.9. The molecule has 2 aromatic carbocycles. The number of hydrogen-bond donors (Lipinski definition) is 0. The van der Waals surface area contributed by atoms with Gasteiger partial charge in [-0.3, -0.25) is 4.79 Å². The number of carbonyl (C=O) groups is 3. The van der Waals surface area contributed by atoms with Gasteiger partial charge in [0.1, 0.15) is 11.5 Å². The van der Waals surface area contributed by atoms with Crippen molar-refractivity contribution < 1.29 is 107 Å². The van der Waals surface area contributed by atoms with E-state index in [0.29, 0.717) is 18.6 Å². The molecule has 0 atom stereocenters. The Kier molecular flexibility index (Phi) is 14.5. The molecule has 0 aliphatic rings. The van der Waals surface area contributed by atoms with Crippen LogP contribution in [0.5, 0.6) is 11.5 Å². The summed E-state index contributed by atoms with van der Waals surface area (Å²) in [7, 11) is 0. The van der Waals surface area contributed by atoms with Crippen LogP contribution in [0.4, 0.5) is 83.4 Å². The third-order valence-electron chi connectivity index (χ3n) is 8.07. The first-order valence-electron chi connectivity index (χ1n) is 16.0. The van der Waals surface area contributed by atoms with Crippen LogP contribution in [0.3, 0.4) is 0 Å². The van der Waals surface area contributed by atoms with Gasteiger partial charge in [0.05, 0.1) is 5.56 Å². The van der Waals surface area contributed by atoms with Crippen molar-refractivity contribution in [2.24, 2.45) is 0 Å². The van der Waals surface area contributed by atoms with E-state index in [9.17, 15) is 97.8 Å². The Bertz CT molecular complexity index is 1700. The zero-order chi connectivity index (χ0) is 44.3. The first-order valence-corrected chi connectivity index (χ1v) is 16.0. The number of ether oxygens (including phenoxy) is 2. The van der Waals surface area contributed by atoms with Crippen LogP contribution in [0.2, 0.25) is 0 Å². The van der Waals surface area contributed by atoms with Crippen molar-refractivity contribution in [1.29, 1.82) is 0 Å². The normalized spacial score (nSPS) is 14.0. The van der Waals surface area contributed by atoms with Crippen molar-refractivity contribution in [1.82, 2.24) is 0 Å². The fraction of sp³-hybridized carbons (Fsp3) is 0.545. The summed E-state index contributed by atoms with van der Waals surface area (Å²) in [6.45, 7) is 2.07. The maximum absolute atomic E-state index is 14.2. The van der Waals surface area contributed by atoms with E-state index in [0.717, 1.165) is 38.5 Å². The lowest BCUT2D eigenvalue weighted by Crippen LogP contribution is -2.76. The van der Waals surface area contributed by atoms with Crippen molar-refractivity contribution in [2.75, 3.05) is 0 Å². The minimum atomic E-state index is -9.14. The molecule has 322 valence electrons. The third kappa shape index (κ3) is 9.07. The summed E-state index contributed by atoms with van der Waals surface area (Å²) in [4.78, 5) is 36.5. The second-order valence-corrected chi connectivity index (χ2v) is 12.2. The molecule has 0 bridgehead atoms. The first kappa shape index (κ1) is 48.9. The molecule has 57 heavy (non-hydrogen) atoms. The molecule has 0 unspecified atom stereocenters. The molecule has 0 aromatic heterocycles. The van der Waals surface area contributed by atoms with Gasteiger partial charge in [0.25, 0.3) is 0 Å². The number of ketones is 1. The second-order valence-electron chi connectivity index (χ2n) is 12.2. The molecule has 0 amide bonds. The minimum absolute atomic E-state index is 0.177. The summed E-state index contributed by atoms with van der Waals surface area (Å²) in [6.07, 6.45) is -1.07. The van der Waals surface area contributed by atoms with Gasteiger partial charge >= 0.3 is 65.5 Å². The molecule has 24 heteroatoms. The summed E-state index contributed by atoms with van der Waals surface area (Å²) in [6, 6.07) is 6.55. The molecule has 0 spiro atoms. The Morgan fingerprint density at radius 2 is 0.789 bits per heavy atom. The Morgan fingerprint density at radius 1 is 0.439 bits per heavy atom. The van der Waals surface area contributed by atoms with Gasteiger partial charge < -0.3 is 9.47 Å². The van der Waals surface area contributed by atoms with Crippen LogP contribution in [-0.4, -0.2) is 71.3 Å². The van der Waals surface area contributed by atoms with Crippen LogP contribution in [0.15, 0.2) is 48.5 Å². The summed E-state index contributed by atoms with van der Waals surface area (Å²) in [5.74, 6) is -76.5. The highest BCUT2D eigenvalue weighted by Crippen LogP contribution is 2.65. The number of carbonyl (C=O) groups excluding carboxylic acids is 3. The number of halogens is 19. The van der Waals surface area contributed by atoms with Crippen LogP contribution < -0.4 is 9.47 Å². The molecule has 2 aromatic rings. The molecule has 0 aliphatic heterocycles. The maximum Gasteiger partial charge on any atom is 0.460 e. The standard InChI is InChI=1S/C33H27F19O5/c1-2-3-4-5-6-7-8-9-22(53)18-10-14-20(15-11-18)56-23(54)19-12-16-21(17-13-19)57-24(55)25(34,35)26(36,37)27(38,39)28(40,41)29(42,43)30(44,45)31(46,47)32(48,49)33(50,51)52/h10-17H,2-9H2,1H3. The molecule has 0 heterocycles. The van der Waals surface area contributed by atoms with E-state index >= 15 is 0 Å². The number of unbranched alkanes of at least 4 members (excludes halogenated alkanes) is 6. The predicted molar refractivity (Wildman–Crippen MR) is 156 cm³/mol. The Labute approximate surface area is 308 Å². The number of alkyl halides is 19. The lowest BCUT2D eigenvalue weighted by Gasteiger charge is -2.43. The van der Waals surface area contributed by atoms with Crippen molar-refractivity contribution in [2.45, 2.75) is 112 Å². The third-order valence-corrected chi connectivity index (χ3v) is 8.07. The Hall–Kier alpha value is -4.28. The number of benzene rings is 2. The quantitative estimate of drug-likeness (QED) is 0.0436. The summed E-state index contributed by atoms with van der Waals surface area (Å²) >= 11 is 0. The zero-order valence-corrected chi connectivity index (χ0v) is 28.5. The number of hydrogen-bond acceptors (Lipinski definition) is 5. The Balaban J connectivity index is 2.19. The largest absolute Gasteiger partial charge is 0.460 e. The lowest BCUT2D eigenvalue weighted by molar-refractivity contribution is -0.467. The minimum Gasteiger partial charge on any atom is -0.423 e. The van der Waals surface area contributed by atoms with E-state index in [-0.39, 0.29) is 35.6 Å². The van der Waals surface area contributed by atoms with Crippen LogP contribution in [0.25, 0.3) is 0 Å². The van der Waals surface area contributed by atoms with E-state index in [2.05, 4.69) is 11.7 Å². The Morgan fingerprint density at radius 3 is 1.21 bits per heavy atom. The average molecular weight is 865 g/mol. The summed E-state index contributed by atoms with van der Waals surface area (Å²) in [5.41, 5.74) is -0.303. The molecule has 2 rings (SSSR count). The van der Waals surface area contributed by atoms with E-state index in [1.165, 1.54) is 24.3 Å². The molecule has 0 N–H and O–H groups in total. The van der Waals surface area contributed by atoms with Gasteiger partial charge in [-0.25, -0.2) is 9.59 Å². The van der Waals surface area contributed by atoms with E-state index in [4.69, 9.17) is 4.74 Å². The molecule has 0 aliphatic carbocycles. The number of Topliss-reactive ketones (excluding diaryl/α,β-unsaturated/α-hetero) is 1. The number of rotatable bonds is 20. The van der Waals surface area contributed by atoms with E-state index < -0.39 is 76.8 Å². The first-order chi connectivity index (χ1) is 25.7. The van der Waals surface area contributed by atoms with Crippen LogP contribution in [0.1, 0.15) is 79.0 Å². The summed E-state index contributed by atoms with van der Waals surface area (Å²) < 4.78 is 266. The highest BCUT2D eigenvalue weighted by atomic mass is 19.4. The highest BCUT2D eigenvalue weighted by molar-refractivity contribution is 5.96. The fourth-order valence-electron chi connectivity index (χ4n) is 4.58. The van der Waals surface area contributed by atoms with Crippen molar-refractivity contribution in [3.05, 3.63) is 59.7 Å². The molecular weight excluding hydrogens is 837 g/mol. The average Bonchev–Trinajstić information content (AvgIpc) is 3.10. The predicted octanol–water partition coefficient (Wildman–Crippen LogP) is 11.8. The van der Waals surface area contributed by atoms with Crippen LogP contribution in [0, 0.1) is 0 Å². The molecule has 0 saturated heterocycles. The van der Waals surface area contributed by atoms with Gasteiger partial charge in [-0.2, -0.15) is 83.4 Å². The molecule has 0 radical (unpaired) electrons. The van der Waals surface area contributed by atoms with Crippen LogP contribution in [-0.2, 0) is 4.79 Å². The molecule has 0 fully saturated rings. The van der Waals surface area contributed by atoms with Gasteiger partial charge in [-0.1, -0.05) is 45.4 Å². The van der Waals surface area contributed by atoms with Crippen LogP contribution >= 0.6 is 0 Å². The van der Waals surface area contributed by atoms with Crippen molar-refractivity contribution in [3.8, 4) is 11.5 Å². The van der Waals surface area contributed by atoms with Gasteiger partial charge in [-0.05, 0) is 55.0 Å². The lowest BCUT2D eigenvalue weighted by atomic mass is 9.87. The molecular formula is C33H27F19O5. The van der Waals surface area contributed by atoms with Gasteiger partial charge in [0.15, 0.2) is 5.78 Å². The van der Waals surface area contributed by atoms with E-state index in [1.807, 2.05) is 0 Å². The monoisotopic (exact) mass is 864 g/mol. The zero-order valence-electron chi connectivity index (χ0n) is 28.5. The van der Waals surface area contributed by atoms with Crippen molar-refractivity contribution in [3.63, 3.8) is 0 Å².